The quantitative estimate of drug-likeness (QED) is 0.907. The first kappa shape index (κ1) is 17.0. The van der Waals surface area contributed by atoms with E-state index in [-0.39, 0.29) is 12.5 Å². The molecule has 5 nitrogen and oxygen atoms in total. The van der Waals surface area contributed by atoms with Crippen LogP contribution in [0.1, 0.15) is 30.0 Å². The molecule has 2 aromatic rings. The average Bonchev–Trinajstić information content (AvgIpc) is 3.17. The number of carbonyl (C=O) groups excluding carboxylic acids is 1. The molecule has 1 aliphatic rings. The van der Waals surface area contributed by atoms with E-state index in [1.807, 2.05) is 60.7 Å². The third-order valence-electron chi connectivity index (χ3n) is 4.52. The van der Waals surface area contributed by atoms with Gasteiger partial charge in [0.25, 0.3) is 0 Å². The Morgan fingerprint density at radius 2 is 1.52 bits per heavy atom. The molecule has 0 aromatic heterocycles. The third kappa shape index (κ3) is 3.99. The molecule has 1 saturated heterocycles. The van der Waals surface area contributed by atoms with Gasteiger partial charge in [0.15, 0.2) is 0 Å². The van der Waals surface area contributed by atoms with Crippen molar-refractivity contribution in [2.75, 3.05) is 13.1 Å². The van der Waals surface area contributed by atoms with Crippen LogP contribution in [0.4, 0.5) is 4.79 Å². The summed E-state index contributed by atoms with van der Waals surface area (Å²) in [4.78, 5) is 28.1. The molecule has 25 heavy (non-hydrogen) atoms. The molecular weight excluding hydrogens is 316 g/mol. The molecular formula is C20H22N2O3. The van der Waals surface area contributed by atoms with Crippen molar-refractivity contribution in [3.63, 3.8) is 0 Å². The summed E-state index contributed by atoms with van der Waals surface area (Å²) < 4.78 is 0. The van der Waals surface area contributed by atoms with Crippen molar-refractivity contribution >= 4 is 12.0 Å². The van der Waals surface area contributed by atoms with Crippen LogP contribution in [0.5, 0.6) is 0 Å². The van der Waals surface area contributed by atoms with Crippen LogP contribution in [0.2, 0.25) is 0 Å². The largest absolute Gasteiger partial charge is 0.465 e. The first-order valence-electron chi connectivity index (χ1n) is 8.54. The highest BCUT2D eigenvalue weighted by molar-refractivity contribution is 5.86. The van der Waals surface area contributed by atoms with Crippen molar-refractivity contribution in [2.45, 2.75) is 25.4 Å². The minimum atomic E-state index is -1.09. The number of nitrogens with zero attached hydrogens (tertiary/aromatic N) is 2. The minimum Gasteiger partial charge on any atom is -0.465 e. The predicted molar refractivity (Wildman–Crippen MR) is 95.0 cm³/mol. The number of likely N-dealkylation sites (tertiary alicyclic amines) is 1. The molecule has 1 fully saturated rings. The van der Waals surface area contributed by atoms with Crippen molar-refractivity contribution in [2.24, 2.45) is 0 Å². The van der Waals surface area contributed by atoms with Crippen LogP contribution in [0, 0.1) is 0 Å². The summed E-state index contributed by atoms with van der Waals surface area (Å²) in [7, 11) is 0. The number of amides is 2. The van der Waals surface area contributed by atoms with E-state index in [4.69, 9.17) is 0 Å². The molecule has 0 radical (unpaired) electrons. The number of rotatable bonds is 5. The lowest BCUT2D eigenvalue weighted by atomic mass is 10.0. The zero-order valence-electron chi connectivity index (χ0n) is 14.0. The maximum Gasteiger partial charge on any atom is 0.408 e. The van der Waals surface area contributed by atoms with Crippen molar-refractivity contribution in [1.29, 1.82) is 0 Å². The van der Waals surface area contributed by atoms with Crippen LogP contribution < -0.4 is 0 Å². The standard InChI is InChI=1S/C20H22N2O3/c23-19(21-13-7-8-14-21)18(17-11-5-2-6-12-17)22(20(24)25)15-16-9-3-1-4-10-16/h1-6,9-12,18H,7-8,13-15H2,(H,24,25)/t18-/m0/s1. The summed E-state index contributed by atoms with van der Waals surface area (Å²) in [5, 5.41) is 9.81. The molecule has 0 spiro atoms. The second-order valence-electron chi connectivity index (χ2n) is 6.24. The average molecular weight is 338 g/mol. The first-order chi connectivity index (χ1) is 12.2. The molecule has 0 unspecified atom stereocenters. The minimum absolute atomic E-state index is 0.137. The van der Waals surface area contributed by atoms with Gasteiger partial charge in [0.05, 0.1) is 6.54 Å². The molecule has 5 heteroatoms. The molecule has 2 aromatic carbocycles. The van der Waals surface area contributed by atoms with E-state index < -0.39 is 12.1 Å². The summed E-state index contributed by atoms with van der Waals surface area (Å²) in [5.41, 5.74) is 1.57. The van der Waals surface area contributed by atoms with Crippen molar-refractivity contribution < 1.29 is 14.7 Å². The molecule has 0 bridgehead atoms. The highest BCUT2D eigenvalue weighted by Gasteiger charge is 2.35. The summed E-state index contributed by atoms with van der Waals surface area (Å²) >= 11 is 0. The van der Waals surface area contributed by atoms with Crippen LogP contribution in [-0.2, 0) is 11.3 Å². The fourth-order valence-electron chi connectivity index (χ4n) is 3.25. The van der Waals surface area contributed by atoms with Gasteiger partial charge in [0.1, 0.15) is 6.04 Å². The van der Waals surface area contributed by atoms with E-state index in [1.54, 1.807) is 4.90 Å². The van der Waals surface area contributed by atoms with Gasteiger partial charge in [-0.05, 0) is 24.0 Å². The number of hydrogen-bond acceptors (Lipinski definition) is 2. The van der Waals surface area contributed by atoms with Gasteiger partial charge in [-0.15, -0.1) is 0 Å². The third-order valence-corrected chi connectivity index (χ3v) is 4.52. The van der Waals surface area contributed by atoms with Crippen molar-refractivity contribution in [3.05, 3.63) is 71.8 Å². The Morgan fingerprint density at radius 3 is 2.08 bits per heavy atom. The van der Waals surface area contributed by atoms with Crippen LogP contribution in [-0.4, -0.2) is 40.0 Å². The van der Waals surface area contributed by atoms with Crippen molar-refractivity contribution in [1.82, 2.24) is 9.80 Å². The molecule has 0 saturated carbocycles. The van der Waals surface area contributed by atoms with Crippen LogP contribution in [0.15, 0.2) is 60.7 Å². The number of carbonyl (C=O) groups is 2. The number of carboxylic acid groups (broad SMARTS) is 1. The summed E-state index contributed by atoms with van der Waals surface area (Å²) in [6.45, 7) is 1.57. The van der Waals surface area contributed by atoms with E-state index in [2.05, 4.69) is 0 Å². The van der Waals surface area contributed by atoms with E-state index in [0.29, 0.717) is 18.7 Å². The second kappa shape index (κ2) is 7.83. The SMILES string of the molecule is O=C([C@H](c1ccccc1)N(Cc1ccccc1)C(=O)O)N1CCCC1. The summed E-state index contributed by atoms with van der Waals surface area (Å²) in [6, 6.07) is 17.7. The molecule has 1 atom stereocenters. The maximum atomic E-state index is 13.1. The van der Waals surface area contributed by atoms with Gasteiger partial charge in [0, 0.05) is 13.1 Å². The van der Waals surface area contributed by atoms with E-state index in [1.165, 1.54) is 4.90 Å². The lowest BCUT2D eigenvalue weighted by Gasteiger charge is -2.32. The fourth-order valence-corrected chi connectivity index (χ4v) is 3.25. The number of benzene rings is 2. The Kier molecular flexibility index (Phi) is 5.33. The van der Waals surface area contributed by atoms with Gasteiger partial charge in [-0.25, -0.2) is 4.79 Å². The van der Waals surface area contributed by atoms with Crippen LogP contribution in [0.3, 0.4) is 0 Å². The normalized spacial score (nSPS) is 15.0. The van der Waals surface area contributed by atoms with Gasteiger partial charge < -0.3 is 10.0 Å². The molecule has 1 aliphatic heterocycles. The predicted octanol–water partition coefficient (Wildman–Crippen LogP) is 3.53. The zero-order valence-corrected chi connectivity index (χ0v) is 14.0. The topological polar surface area (TPSA) is 60.9 Å². The number of hydrogen-bond donors (Lipinski definition) is 1. The monoisotopic (exact) mass is 338 g/mol. The van der Waals surface area contributed by atoms with Gasteiger partial charge in [-0.3, -0.25) is 9.69 Å². The van der Waals surface area contributed by atoms with E-state index in [0.717, 1.165) is 18.4 Å². The molecule has 2 amide bonds. The zero-order chi connectivity index (χ0) is 17.6. The smallest absolute Gasteiger partial charge is 0.408 e. The molecule has 1 N–H and O–H groups in total. The molecule has 0 aliphatic carbocycles. The molecule has 3 rings (SSSR count). The Balaban J connectivity index is 1.95. The Morgan fingerprint density at radius 1 is 0.960 bits per heavy atom. The Bertz CT molecular complexity index is 712. The van der Waals surface area contributed by atoms with E-state index >= 15 is 0 Å². The fraction of sp³-hybridized carbons (Fsp3) is 0.300. The van der Waals surface area contributed by atoms with Crippen LogP contribution >= 0.6 is 0 Å². The lowest BCUT2D eigenvalue weighted by Crippen LogP contribution is -2.44. The summed E-state index contributed by atoms with van der Waals surface area (Å²) in [6.07, 6.45) is 0.850. The van der Waals surface area contributed by atoms with Gasteiger partial charge in [-0.1, -0.05) is 60.7 Å². The van der Waals surface area contributed by atoms with E-state index in [9.17, 15) is 14.7 Å². The maximum absolute atomic E-state index is 13.1. The Hall–Kier alpha value is -2.82. The summed E-state index contributed by atoms with van der Waals surface area (Å²) in [5.74, 6) is -0.137. The highest BCUT2D eigenvalue weighted by atomic mass is 16.4. The molecule has 1 heterocycles. The second-order valence-corrected chi connectivity index (χ2v) is 6.24. The van der Waals surface area contributed by atoms with Gasteiger partial charge >= 0.3 is 6.09 Å². The lowest BCUT2D eigenvalue weighted by molar-refractivity contribution is -0.135. The molecule has 130 valence electrons. The Labute approximate surface area is 147 Å². The highest BCUT2D eigenvalue weighted by Crippen LogP contribution is 2.27. The van der Waals surface area contributed by atoms with Crippen LogP contribution in [0.25, 0.3) is 0 Å². The van der Waals surface area contributed by atoms with Gasteiger partial charge in [-0.2, -0.15) is 0 Å². The van der Waals surface area contributed by atoms with Crippen molar-refractivity contribution in [3.8, 4) is 0 Å². The first-order valence-corrected chi connectivity index (χ1v) is 8.54. The van der Waals surface area contributed by atoms with Gasteiger partial charge in [0.2, 0.25) is 5.91 Å².